The van der Waals surface area contributed by atoms with Gasteiger partial charge in [0.15, 0.2) is 0 Å². The van der Waals surface area contributed by atoms with Gasteiger partial charge >= 0.3 is 12.0 Å². The van der Waals surface area contributed by atoms with Gasteiger partial charge in [0.25, 0.3) is 0 Å². The summed E-state index contributed by atoms with van der Waals surface area (Å²) in [6.45, 7) is 11.5. The van der Waals surface area contributed by atoms with Crippen molar-refractivity contribution < 1.29 is 14.3 Å². The summed E-state index contributed by atoms with van der Waals surface area (Å²) in [6.07, 6.45) is 3.38. The topological polar surface area (TPSA) is 85.2 Å². The normalized spacial score (nSPS) is 15.5. The summed E-state index contributed by atoms with van der Waals surface area (Å²) in [5.41, 5.74) is 7.31. The van der Waals surface area contributed by atoms with Gasteiger partial charge in [-0.3, -0.25) is 0 Å². The number of hydrogen-bond acceptors (Lipinski definition) is 4. The van der Waals surface area contributed by atoms with Gasteiger partial charge in [-0.25, -0.2) is 14.3 Å². The Balaban J connectivity index is 1.95. The predicted octanol–water partition coefficient (Wildman–Crippen LogP) is 4.82. The highest BCUT2D eigenvalue weighted by Gasteiger charge is 2.35. The van der Waals surface area contributed by atoms with Crippen LogP contribution in [0.25, 0.3) is 16.9 Å². The lowest BCUT2D eigenvalue weighted by molar-refractivity contribution is -0.138. The van der Waals surface area contributed by atoms with E-state index < -0.39 is 18.0 Å². The second-order valence-electron chi connectivity index (χ2n) is 8.44. The number of nitrogens with one attached hydrogen (secondary N) is 2. The number of para-hydroxylation sites is 1. The van der Waals surface area contributed by atoms with Crippen LogP contribution in [0.1, 0.15) is 35.2 Å². The molecule has 1 aromatic heterocycles. The first-order valence-corrected chi connectivity index (χ1v) is 11.1. The average Bonchev–Trinajstić information content (AvgIpc) is 3.21. The molecule has 3 aromatic rings. The fourth-order valence-electron chi connectivity index (χ4n) is 4.47. The molecule has 4 rings (SSSR count). The van der Waals surface area contributed by atoms with Crippen LogP contribution in [-0.4, -0.2) is 28.4 Å². The van der Waals surface area contributed by atoms with Crippen molar-refractivity contribution in [3.63, 3.8) is 0 Å². The largest absolute Gasteiger partial charge is 0.458 e. The molecular weight excluding hydrogens is 428 g/mol. The maximum atomic E-state index is 13.0. The molecule has 0 saturated carbocycles. The van der Waals surface area contributed by atoms with Crippen LogP contribution >= 0.6 is 0 Å². The van der Waals surface area contributed by atoms with Crippen molar-refractivity contribution in [2.45, 2.75) is 33.7 Å². The first-order chi connectivity index (χ1) is 16.3. The molecule has 2 amide bonds. The van der Waals surface area contributed by atoms with Gasteiger partial charge in [-0.15, -0.1) is 0 Å². The lowest BCUT2D eigenvalue weighted by Gasteiger charge is -2.28. The summed E-state index contributed by atoms with van der Waals surface area (Å²) < 4.78 is 7.13. The number of aromatic nitrogens is 2. The number of aryl methyl sites for hydroxylation is 3. The number of hydrogen-bond donors (Lipinski definition) is 2. The van der Waals surface area contributed by atoms with E-state index in [1.165, 1.54) is 6.08 Å². The van der Waals surface area contributed by atoms with Crippen LogP contribution in [-0.2, 0) is 9.53 Å². The molecule has 34 heavy (non-hydrogen) atoms. The van der Waals surface area contributed by atoms with Crippen molar-refractivity contribution in [2.75, 3.05) is 6.61 Å². The number of ether oxygens (including phenoxy) is 1. The Bertz CT molecular complexity index is 1280. The Kier molecular flexibility index (Phi) is 6.36. The molecule has 174 valence electrons. The first kappa shape index (κ1) is 23.0. The molecule has 0 fully saturated rings. The van der Waals surface area contributed by atoms with E-state index in [1.54, 1.807) is 11.6 Å². The molecule has 0 bridgehead atoms. The number of carbonyl (C=O) groups is 2. The molecule has 0 saturated heterocycles. The van der Waals surface area contributed by atoms with Gasteiger partial charge in [0.1, 0.15) is 6.61 Å². The summed E-state index contributed by atoms with van der Waals surface area (Å²) in [6, 6.07) is 12.8. The molecule has 2 aromatic carbocycles. The van der Waals surface area contributed by atoms with Crippen LogP contribution in [0.3, 0.4) is 0 Å². The third kappa shape index (κ3) is 4.37. The van der Waals surface area contributed by atoms with E-state index in [0.717, 1.165) is 27.9 Å². The van der Waals surface area contributed by atoms with E-state index in [9.17, 15) is 9.59 Å². The van der Waals surface area contributed by atoms with Gasteiger partial charge in [-0.1, -0.05) is 48.6 Å². The minimum absolute atomic E-state index is 0.0720. The van der Waals surface area contributed by atoms with Crippen LogP contribution in [0.15, 0.2) is 72.6 Å². The summed E-state index contributed by atoms with van der Waals surface area (Å²) in [5, 5.41) is 10.5. The zero-order valence-corrected chi connectivity index (χ0v) is 19.8. The standard InChI is InChI=1S/C27H28N4O3/c1-6-12-34-26(32)23-19(5)28-27(33)29-24(23)21-15-31(20-10-8-7-9-11-20)30-25(21)22-17(3)13-16(2)14-18(22)4/h6-11,13-15,24H,1,12H2,2-5H3,(H2,28,29,33)/t24-/m0/s1. The smallest absolute Gasteiger partial charge is 0.338 e. The molecule has 1 aliphatic rings. The fraction of sp³-hybridized carbons (Fsp3) is 0.222. The van der Waals surface area contributed by atoms with Crippen molar-refractivity contribution >= 4 is 12.0 Å². The highest BCUT2D eigenvalue weighted by atomic mass is 16.5. The summed E-state index contributed by atoms with van der Waals surface area (Å²) in [5.74, 6) is -0.523. The van der Waals surface area contributed by atoms with Gasteiger partial charge in [0.05, 0.1) is 23.0 Å². The molecule has 0 unspecified atom stereocenters. The molecule has 0 aliphatic carbocycles. The maximum Gasteiger partial charge on any atom is 0.338 e. The summed E-state index contributed by atoms with van der Waals surface area (Å²) in [7, 11) is 0. The first-order valence-electron chi connectivity index (χ1n) is 11.1. The minimum atomic E-state index is -0.737. The fourth-order valence-corrected chi connectivity index (χ4v) is 4.47. The second-order valence-corrected chi connectivity index (χ2v) is 8.44. The van der Waals surface area contributed by atoms with Crippen molar-refractivity contribution in [1.82, 2.24) is 20.4 Å². The van der Waals surface area contributed by atoms with E-state index in [2.05, 4.69) is 36.3 Å². The van der Waals surface area contributed by atoms with Crippen molar-refractivity contribution in [1.29, 1.82) is 0 Å². The van der Waals surface area contributed by atoms with Gasteiger partial charge in [0.2, 0.25) is 0 Å². The molecule has 7 heteroatoms. The Hall–Kier alpha value is -4.13. The molecule has 0 spiro atoms. The second kappa shape index (κ2) is 9.39. The van der Waals surface area contributed by atoms with Crippen molar-refractivity contribution in [3.8, 4) is 16.9 Å². The van der Waals surface area contributed by atoms with Gasteiger partial charge in [0, 0.05) is 23.0 Å². The molecular formula is C27H28N4O3. The zero-order chi connectivity index (χ0) is 24.4. The van der Waals surface area contributed by atoms with Gasteiger partial charge in [-0.2, -0.15) is 5.10 Å². The van der Waals surface area contributed by atoms with Crippen LogP contribution in [0, 0.1) is 20.8 Å². The average molecular weight is 457 g/mol. The van der Waals surface area contributed by atoms with E-state index in [-0.39, 0.29) is 6.61 Å². The zero-order valence-electron chi connectivity index (χ0n) is 19.8. The number of allylic oxidation sites excluding steroid dienone is 1. The molecule has 1 atom stereocenters. The quantitative estimate of drug-likeness (QED) is 0.411. The SMILES string of the molecule is C=CCOC(=O)C1=C(C)NC(=O)N[C@H]1c1cn(-c2ccccc2)nc1-c1c(C)cc(C)cc1C. The van der Waals surface area contributed by atoms with Crippen LogP contribution < -0.4 is 10.6 Å². The molecule has 0 radical (unpaired) electrons. The minimum Gasteiger partial charge on any atom is -0.458 e. The number of nitrogens with zero attached hydrogens (tertiary/aromatic N) is 2. The van der Waals surface area contributed by atoms with Gasteiger partial charge in [-0.05, 0) is 51.0 Å². The third-order valence-electron chi connectivity index (χ3n) is 5.81. The molecule has 1 aliphatic heterocycles. The monoisotopic (exact) mass is 456 g/mol. The Morgan fingerprint density at radius 2 is 1.82 bits per heavy atom. The van der Waals surface area contributed by atoms with Crippen LogP contribution in [0.2, 0.25) is 0 Å². The lowest BCUT2D eigenvalue weighted by atomic mass is 9.90. The number of esters is 1. The maximum absolute atomic E-state index is 13.0. The Morgan fingerprint density at radius 1 is 1.15 bits per heavy atom. The lowest BCUT2D eigenvalue weighted by Crippen LogP contribution is -2.45. The van der Waals surface area contributed by atoms with Crippen LogP contribution in [0.4, 0.5) is 4.79 Å². The van der Waals surface area contributed by atoms with Crippen LogP contribution in [0.5, 0.6) is 0 Å². The van der Waals surface area contributed by atoms with E-state index in [4.69, 9.17) is 9.84 Å². The van der Waals surface area contributed by atoms with Gasteiger partial charge < -0.3 is 15.4 Å². The summed E-state index contributed by atoms with van der Waals surface area (Å²) >= 11 is 0. The molecule has 2 heterocycles. The van der Waals surface area contributed by atoms with Crippen molar-refractivity contribution in [2.24, 2.45) is 0 Å². The molecule has 2 N–H and O–H groups in total. The Morgan fingerprint density at radius 3 is 2.47 bits per heavy atom. The third-order valence-corrected chi connectivity index (χ3v) is 5.81. The number of benzene rings is 2. The van der Waals surface area contributed by atoms with E-state index in [1.807, 2.05) is 50.4 Å². The van der Waals surface area contributed by atoms with E-state index >= 15 is 0 Å². The number of carbonyl (C=O) groups excluding carboxylic acids is 2. The van der Waals surface area contributed by atoms with Crippen molar-refractivity contribution in [3.05, 3.63) is 94.8 Å². The predicted molar refractivity (Wildman–Crippen MR) is 131 cm³/mol. The Labute approximate surface area is 199 Å². The number of rotatable bonds is 6. The molecule has 7 nitrogen and oxygen atoms in total. The highest BCUT2D eigenvalue weighted by Crippen LogP contribution is 2.37. The highest BCUT2D eigenvalue weighted by molar-refractivity contribution is 5.95. The number of amides is 2. The summed E-state index contributed by atoms with van der Waals surface area (Å²) in [4.78, 5) is 25.5. The number of urea groups is 1. The van der Waals surface area contributed by atoms with E-state index in [0.29, 0.717) is 22.5 Å².